The summed E-state index contributed by atoms with van der Waals surface area (Å²) >= 11 is 0. The summed E-state index contributed by atoms with van der Waals surface area (Å²) in [7, 11) is 0.817. The van der Waals surface area contributed by atoms with E-state index < -0.39 is 8.60 Å². The molecule has 0 aliphatic rings. The molecule has 0 fully saturated rings. The summed E-state index contributed by atoms with van der Waals surface area (Å²) in [6, 6.07) is 0. The second-order valence-corrected chi connectivity index (χ2v) is 1.77. The average Bonchev–Trinajstić information content (AvgIpc) is 1.65. The van der Waals surface area contributed by atoms with Crippen molar-refractivity contribution in [2.75, 3.05) is 14.2 Å². The second-order valence-electron chi connectivity index (χ2n) is 0.589. The van der Waals surface area contributed by atoms with E-state index in [1.807, 2.05) is 0 Å². The molecule has 5 heteroatoms. The van der Waals surface area contributed by atoms with E-state index in [0.29, 0.717) is 0 Å². The fourth-order valence-electron chi connectivity index (χ4n) is 0.0745. The minimum atomic E-state index is -1.83. The Kier molecular flexibility index (Phi) is 13.3. The first-order valence-electron chi connectivity index (χ1n) is 1.36. The smallest absolute Gasteiger partial charge is 0.786 e. The van der Waals surface area contributed by atoms with Gasteiger partial charge in [-0.15, -0.1) is 0 Å². The average molecular weight is 148 g/mol. The van der Waals surface area contributed by atoms with Gasteiger partial charge in [-0.2, -0.15) is 0 Å². The van der Waals surface area contributed by atoms with E-state index >= 15 is 0 Å². The fraction of sp³-hybridized carbons (Fsp3) is 1.00. The first-order valence-corrected chi connectivity index (χ1v) is 2.46. The summed E-state index contributed by atoms with van der Waals surface area (Å²) in [4.78, 5) is 9.88. The van der Waals surface area contributed by atoms with Gasteiger partial charge in [0, 0.05) is 14.2 Å². The topological polar surface area (TPSA) is 41.5 Å². The molecule has 0 aromatic carbocycles. The van der Waals surface area contributed by atoms with E-state index in [1.165, 1.54) is 14.2 Å². The molecule has 0 amide bonds. The van der Waals surface area contributed by atoms with Crippen molar-refractivity contribution >= 4 is 8.60 Å². The van der Waals surface area contributed by atoms with Crippen molar-refractivity contribution in [3.05, 3.63) is 0 Å². The molecule has 0 spiro atoms. The molecular weight excluding hydrogens is 142 g/mol. The van der Waals surface area contributed by atoms with Crippen LogP contribution in [0.25, 0.3) is 0 Å². The van der Waals surface area contributed by atoms with Gasteiger partial charge in [0.15, 0.2) is 0 Å². The summed E-state index contributed by atoms with van der Waals surface area (Å²) in [5, 5.41) is 0. The maximum Gasteiger partial charge on any atom is 1.00 e. The Morgan fingerprint density at radius 3 is 1.57 bits per heavy atom. The Labute approximate surface area is 86.8 Å². The Morgan fingerprint density at radius 2 is 1.57 bits per heavy atom. The monoisotopic (exact) mass is 148 g/mol. The molecule has 38 valence electrons. The molecule has 0 aliphatic carbocycles. The molecular formula is C2H6KO3P. The van der Waals surface area contributed by atoms with E-state index in [-0.39, 0.29) is 51.4 Å². The largest absolute Gasteiger partial charge is 1.00 e. The zero-order chi connectivity index (χ0) is 4.99. The Hall–Kier alpha value is 1.95. The molecule has 0 aromatic rings. The molecule has 0 rings (SSSR count). The van der Waals surface area contributed by atoms with Crippen molar-refractivity contribution in [1.82, 2.24) is 0 Å². The summed E-state index contributed by atoms with van der Waals surface area (Å²) < 4.78 is 8.37. The van der Waals surface area contributed by atoms with Crippen LogP contribution in [0.4, 0.5) is 0 Å². The van der Waals surface area contributed by atoms with Gasteiger partial charge in [-0.25, -0.2) is 0 Å². The van der Waals surface area contributed by atoms with Gasteiger partial charge in [0.1, 0.15) is 0 Å². The molecule has 3 nitrogen and oxygen atoms in total. The number of rotatable bonds is 2. The third-order valence-corrected chi connectivity index (χ3v) is 0.894. The second kappa shape index (κ2) is 7.95. The molecule has 0 radical (unpaired) electrons. The van der Waals surface area contributed by atoms with Gasteiger partial charge in [0.25, 0.3) is 0 Å². The minimum Gasteiger partial charge on any atom is -0.786 e. The third-order valence-electron chi connectivity index (χ3n) is 0.298. The van der Waals surface area contributed by atoms with Gasteiger partial charge < -0.3 is 13.9 Å². The van der Waals surface area contributed by atoms with Crippen molar-refractivity contribution < 1.29 is 65.3 Å². The standard InChI is InChI=1S/C2H6O3P.K/c1-4-6(3)5-2;/h1-2H3;/q-1;+1. The molecule has 0 unspecified atom stereocenters. The van der Waals surface area contributed by atoms with Gasteiger partial charge in [0.05, 0.1) is 8.60 Å². The number of hydrogen-bond acceptors (Lipinski definition) is 3. The van der Waals surface area contributed by atoms with Crippen molar-refractivity contribution in [3.63, 3.8) is 0 Å². The van der Waals surface area contributed by atoms with E-state index in [2.05, 4.69) is 9.05 Å². The number of hydrogen-bond donors (Lipinski definition) is 0. The minimum absolute atomic E-state index is 0. The zero-order valence-corrected chi connectivity index (χ0v) is 8.69. The van der Waals surface area contributed by atoms with Crippen LogP contribution in [-0.2, 0) is 9.05 Å². The van der Waals surface area contributed by atoms with E-state index in [1.54, 1.807) is 0 Å². The van der Waals surface area contributed by atoms with Crippen molar-refractivity contribution in [2.24, 2.45) is 0 Å². The summed E-state index contributed by atoms with van der Waals surface area (Å²) in [5.74, 6) is 0. The maximum absolute atomic E-state index is 9.88. The van der Waals surface area contributed by atoms with E-state index in [4.69, 9.17) is 0 Å². The molecule has 0 atom stereocenters. The van der Waals surface area contributed by atoms with Crippen molar-refractivity contribution in [2.45, 2.75) is 0 Å². The van der Waals surface area contributed by atoms with Gasteiger partial charge in [0.2, 0.25) is 0 Å². The normalized spacial score (nSPS) is 8.57. The van der Waals surface area contributed by atoms with Crippen LogP contribution < -0.4 is 56.3 Å². The van der Waals surface area contributed by atoms with Crippen molar-refractivity contribution in [1.29, 1.82) is 0 Å². The predicted molar refractivity (Wildman–Crippen MR) is 20.9 cm³/mol. The van der Waals surface area contributed by atoms with Crippen LogP contribution >= 0.6 is 8.60 Å². The van der Waals surface area contributed by atoms with E-state index in [0.717, 1.165) is 0 Å². The van der Waals surface area contributed by atoms with Crippen LogP contribution in [0.3, 0.4) is 0 Å². The van der Waals surface area contributed by atoms with Crippen LogP contribution in [0.5, 0.6) is 0 Å². The Balaban J connectivity index is 0. The molecule has 0 aliphatic heterocycles. The van der Waals surface area contributed by atoms with Crippen molar-refractivity contribution in [3.8, 4) is 0 Å². The summed E-state index contributed by atoms with van der Waals surface area (Å²) in [6.45, 7) is 0. The Morgan fingerprint density at radius 1 is 1.29 bits per heavy atom. The first-order chi connectivity index (χ1) is 2.81. The van der Waals surface area contributed by atoms with Gasteiger partial charge in [-0.05, 0) is 0 Å². The Bertz CT molecular complexity index is 32.1. The first kappa shape index (κ1) is 11.7. The molecule has 7 heavy (non-hydrogen) atoms. The SMILES string of the molecule is COP([O-])OC.[K+]. The van der Waals surface area contributed by atoms with Crippen LogP contribution in [0.15, 0.2) is 0 Å². The molecule has 0 N–H and O–H groups in total. The third kappa shape index (κ3) is 7.95. The zero-order valence-electron chi connectivity index (χ0n) is 4.67. The van der Waals surface area contributed by atoms with E-state index in [9.17, 15) is 4.89 Å². The maximum atomic E-state index is 9.88. The quantitative estimate of drug-likeness (QED) is 0.307. The predicted octanol–water partition coefficient (Wildman–Crippen LogP) is -3.13. The molecule has 0 saturated carbocycles. The van der Waals surface area contributed by atoms with Gasteiger partial charge in [-0.3, -0.25) is 0 Å². The van der Waals surface area contributed by atoms with Crippen LogP contribution in [0.1, 0.15) is 0 Å². The van der Waals surface area contributed by atoms with Gasteiger partial charge in [-0.1, -0.05) is 0 Å². The van der Waals surface area contributed by atoms with Crippen LogP contribution in [-0.4, -0.2) is 14.2 Å². The van der Waals surface area contributed by atoms with Gasteiger partial charge >= 0.3 is 51.4 Å². The van der Waals surface area contributed by atoms with Crippen LogP contribution in [0.2, 0.25) is 0 Å². The molecule has 0 aromatic heterocycles. The molecule has 0 saturated heterocycles. The fourth-order valence-corrected chi connectivity index (χ4v) is 0.224. The summed E-state index contributed by atoms with van der Waals surface area (Å²) in [6.07, 6.45) is 0. The summed E-state index contributed by atoms with van der Waals surface area (Å²) in [5.41, 5.74) is 0. The molecule has 0 bridgehead atoms. The molecule has 0 heterocycles. The van der Waals surface area contributed by atoms with Crippen LogP contribution in [0, 0.1) is 0 Å².